The summed E-state index contributed by atoms with van der Waals surface area (Å²) in [5.41, 5.74) is 3.40. The van der Waals surface area contributed by atoms with E-state index in [9.17, 15) is 4.39 Å². The number of hydrogen-bond acceptors (Lipinski definition) is 8. The number of hydrogen-bond donors (Lipinski definition) is 0. The van der Waals surface area contributed by atoms with Crippen LogP contribution in [0, 0.1) is 5.82 Å². The average Bonchev–Trinajstić information content (AvgIpc) is 3.72. The van der Waals surface area contributed by atoms with Gasteiger partial charge in [0.05, 0.1) is 11.2 Å². The van der Waals surface area contributed by atoms with Crippen LogP contribution in [0.1, 0.15) is 56.9 Å². The lowest BCUT2D eigenvalue weighted by molar-refractivity contribution is -0.191. The van der Waals surface area contributed by atoms with E-state index < -0.39 is 5.79 Å². The molecule has 4 atom stereocenters. The molecule has 7 rings (SSSR count). The van der Waals surface area contributed by atoms with Gasteiger partial charge in [-0.25, -0.2) is 13.9 Å². The highest BCUT2D eigenvalue weighted by molar-refractivity contribution is 7.98. The Kier molecular flexibility index (Phi) is 7.36. The molecule has 4 aliphatic rings. The first-order chi connectivity index (χ1) is 19.8. The molecule has 220 valence electrons. The fraction of sp³-hybridized carbons (Fsp3) is 0.613. The highest BCUT2D eigenvalue weighted by atomic mass is 32.2. The van der Waals surface area contributed by atoms with Gasteiger partial charge in [0, 0.05) is 18.6 Å². The summed E-state index contributed by atoms with van der Waals surface area (Å²) in [4.78, 5) is 9.71. The van der Waals surface area contributed by atoms with Gasteiger partial charge in [0.2, 0.25) is 0 Å². The van der Waals surface area contributed by atoms with Gasteiger partial charge in [-0.3, -0.25) is 4.90 Å². The van der Waals surface area contributed by atoms with Gasteiger partial charge in [-0.2, -0.15) is 5.10 Å². The van der Waals surface area contributed by atoms with Crippen molar-refractivity contribution in [3.05, 3.63) is 59.8 Å². The first-order valence-electron chi connectivity index (χ1n) is 14.9. The van der Waals surface area contributed by atoms with Crippen molar-refractivity contribution in [2.75, 3.05) is 39.0 Å². The van der Waals surface area contributed by atoms with Gasteiger partial charge in [-0.1, -0.05) is 12.1 Å². The van der Waals surface area contributed by atoms with Crippen LogP contribution in [-0.2, 0) is 20.6 Å². The van der Waals surface area contributed by atoms with E-state index in [0.29, 0.717) is 0 Å². The van der Waals surface area contributed by atoms with Gasteiger partial charge in [0.15, 0.2) is 5.79 Å². The van der Waals surface area contributed by atoms with Gasteiger partial charge >= 0.3 is 0 Å². The average molecular weight is 582 g/mol. The Morgan fingerprint density at radius 1 is 1.00 bits per heavy atom. The first kappa shape index (κ1) is 27.7. The van der Waals surface area contributed by atoms with Crippen LogP contribution >= 0.6 is 11.8 Å². The van der Waals surface area contributed by atoms with Crippen molar-refractivity contribution < 1.29 is 18.6 Å². The molecule has 6 heterocycles. The Balaban J connectivity index is 1.05. The Bertz CT molecular complexity index is 1380. The molecule has 0 amide bonds. The van der Waals surface area contributed by atoms with Gasteiger partial charge in [0.25, 0.3) is 0 Å². The number of nitrogens with zero attached hydrogens (tertiary/aromatic N) is 5. The molecule has 4 aliphatic heterocycles. The van der Waals surface area contributed by atoms with E-state index in [0.717, 1.165) is 55.4 Å². The van der Waals surface area contributed by atoms with E-state index in [1.807, 2.05) is 36.8 Å². The number of ether oxygens (including phenoxy) is 3. The molecule has 0 radical (unpaired) electrons. The lowest BCUT2D eigenvalue weighted by Crippen LogP contribution is -2.55. The number of piperidine rings is 1. The second kappa shape index (κ2) is 10.9. The third-order valence-electron chi connectivity index (χ3n) is 9.64. The predicted molar refractivity (Wildman–Crippen MR) is 156 cm³/mol. The maximum absolute atomic E-state index is 13.3. The fourth-order valence-electron chi connectivity index (χ4n) is 7.56. The SMILES string of the molecule is CSc1ncnn2c([C@@H]3O[C@H](CN4CCCC45CCN(CCc4ccc(F)cc4)CC5)[C@H]4OC(C)(C)O[C@H]43)ccc12. The van der Waals surface area contributed by atoms with Gasteiger partial charge < -0.3 is 19.1 Å². The molecule has 10 heteroatoms. The molecule has 0 aliphatic carbocycles. The van der Waals surface area contributed by atoms with E-state index in [-0.39, 0.29) is 35.8 Å². The monoisotopic (exact) mass is 581 g/mol. The van der Waals surface area contributed by atoms with Crippen molar-refractivity contribution >= 4 is 17.3 Å². The first-order valence-corrected chi connectivity index (χ1v) is 16.2. The molecule has 3 aromatic rings. The van der Waals surface area contributed by atoms with E-state index >= 15 is 0 Å². The van der Waals surface area contributed by atoms with Crippen LogP contribution in [0.5, 0.6) is 0 Å². The van der Waals surface area contributed by atoms with Crippen molar-refractivity contribution in [1.29, 1.82) is 0 Å². The lowest BCUT2D eigenvalue weighted by atomic mass is 9.84. The number of benzene rings is 1. The largest absolute Gasteiger partial charge is 0.362 e. The molecule has 0 saturated carbocycles. The van der Waals surface area contributed by atoms with Gasteiger partial charge in [-0.15, -0.1) is 11.8 Å². The summed E-state index contributed by atoms with van der Waals surface area (Å²) < 4.78 is 35.1. The highest BCUT2D eigenvalue weighted by Crippen LogP contribution is 2.47. The van der Waals surface area contributed by atoms with E-state index in [1.54, 1.807) is 30.2 Å². The molecule has 0 unspecified atom stereocenters. The molecule has 1 spiro atoms. The quantitative estimate of drug-likeness (QED) is 0.372. The number of fused-ring (bicyclic) bond motifs is 2. The number of aromatic nitrogens is 3. The number of likely N-dealkylation sites (tertiary alicyclic amines) is 2. The zero-order chi connectivity index (χ0) is 28.2. The summed E-state index contributed by atoms with van der Waals surface area (Å²) in [7, 11) is 0. The van der Waals surface area contributed by atoms with Crippen molar-refractivity contribution in [1.82, 2.24) is 24.4 Å². The van der Waals surface area contributed by atoms with Crippen LogP contribution in [-0.4, -0.2) is 93.0 Å². The molecule has 0 N–H and O–H groups in total. The second-order valence-electron chi connectivity index (χ2n) is 12.5. The number of rotatable bonds is 7. The molecule has 1 aromatic carbocycles. The van der Waals surface area contributed by atoms with E-state index in [2.05, 4.69) is 32.0 Å². The van der Waals surface area contributed by atoms with Crippen LogP contribution < -0.4 is 0 Å². The van der Waals surface area contributed by atoms with Crippen molar-refractivity contribution in [2.24, 2.45) is 0 Å². The van der Waals surface area contributed by atoms with Gasteiger partial charge in [-0.05, 0) is 102 Å². The zero-order valence-electron chi connectivity index (χ0n) is 24.2. The fourth-order valence-corrected chi connectivity index (χ4v) is 8.08. The van der Waals surface area contributed by atoms with Crippen LogP contribution in [0.2, 0.25) is 0 Å². The number of thioether (sulfide) groups is 1. The van der Waals surface area contributed by atoms with E-state index in [1.165, 1.54) is 31.2 Å². The minimum atomic E-state index is -0.652. The summed E-state index contributed by atoms with van der Waals surface area (Å²) in [6, 6.07) is 11.1. The molecule has 4 fully saturated rings. The van der Waals surface area contributed by atoms with Crippen LogP contribution in [0.25, 0.3) is 5.52 Å². The Labute approximate surface area is 245 Å². The minimum absolute atomic E-state index is 0.0781. The van der Waals surface area contributed by atoms with E-state index in [4.69, 9.17) is 14.2 Å². The summed E-state index contributed by atoms with van der Waals surface area (Å²) in [5, 5.41) is 5.52. The molecular formula is C31H40FN5O3S. The smallest absolute Gasteiger partial charge is 0.164 e. The maximum Gasteiger partial charge on any atom is 0.164 e. The summed E-state index contributed by atoms with van der Waals surface area (Å²) in [6.45, 7) is 9.16. The topological polar surface area (TPSA) is 64.4 Å². The second-order valence-corrected chi connectivity index (χ2v) is 13.3. The molecular weight excluding hydrogens is 541 g/mol. The van der Waals surface area contributed by atoms with Gasteiger partial charge in [0.1, 0.15) is 41.6 Å². The van der Waals surface area contributed by atoms with Crippen LogP contribution in [0.3, 0.4) is 0 Å². The third kappa shape index (κ3) is 5.21. The Hall–Kier alpha value is -2.08. The molecule has 8 nitrogen and oxygen atoms in total. The highest BCUT2D eigenvalue weighted by Gasteiger charge is 2.57. The third-order valence-corrected chi connectivity index (χ3v) is 10.3. The molecule has 0 bridgehead atoms. The summed E-state index contributed by atoms with van der Waals surface area (Å²) in [5.74, 6) is -0.821. The van der Waals surface area contributed by atoms with Crippen molar-refractivity contribution in [2.45, 2.75) is 86.7 Å². The number of halogens is 1. The summed E-state index contributed by atoms with van der Waals surface area (Å²) >= 11 is 1.62. The predicted octanol–water partition coefficient (Wildman–Crippen LogP) is 4.72. The minimum Gasteiger partial charge on any atom is -0.362 e. The van der Waals surface area contributed by atoms with Crippen LogP contribution in [0.4, 0.5) is 4.39 Å². The van der Waals surface area contributed by atoms with Crippen molar-refractivity contribution in [3.8, 4) is 0 Å². The van der Waals surface area contributed by atoms with Crippen molar-refractivity contribution in [3.63, 3.8) is 0 Å². The maximum atomic E-state index is 13.3. The summed E-state index contributed by atoms with van der Waals surface area (Å²) in [6.07, 6.45) is 8.75. The Morgan fingerprint density at radius 3 is 2.56 bits per heavy atom. The molecule has 2 aromatic heterocycles. The zero-order valence-corrected chi connectivity index (χ0v) is 25.0. The van der Waals surface area contributed by atoms with Crippen LogP contribution in [0.15, 0.2) is 47.8 Å². The normalized spacial score (nSPS) is 29.6. The lowest BCUT2D eigenvalue weighted by Gasteiger charge is -2.46. The molecule has 41 heavy (non-hydrogen) atoms. The Morgan fingerprint density at radius 2 is 1.78 bits per heavy atom. The standard InChI is InChI=1S/C31H40FN5O3S/c1-30(2)39-27-25(38-26(28(27)40-30)23-9-10-24-29(41-3)33-20-34-37(23)24)19-36-15-4-12-31(36)13-17-35(18-14-31)16-11-21-5-7-22(32)8-6-21/h5-10,20,25-28H,4,11-19H2,1-3H3/t25-,26+,27-,28+/m1/s1. The molecule has 4 saturated heterocycles.